The standard InChI is InChI=1S/C15H18FNO3/c1-15(2,3)20-14(19)17-8-4-5-11-9-13(16)7-6-12(11)10-18/h4-7,9-10H,8H2,1-3H3,(H,17,19). The zero-order valence-corrected chi connectivity index (χ0v) is 11.8. The molecule has 5 heteroatoms. The smallest absolute Gasteiger partial charge is 0.407 e. The van der Waals surface area contributed by atoms with Gasteiger partial charge in [-0.3, -0.25) is 4.79 Å². The molecule has 0 aliphatic rings. The number of hydrogen-bond acceptors (Lipinski definition) is 3. The highest BCUT2D eigenvalue weighted by molar-refractivity contribution is 5.81. The number of rotatable bonds is 4. The summed E-state index contributed by atoms with van der Waals surface area (Å²) in [6, 6.07) is 3.89. The molecule has 1 rings (SSSR count). The van der Waals surface area contributed by atoms with Crippen molar-refractivity contribution in [1.29, 1.82) is 0 Å². The average molecular weight is 279 g/mol. The van der Waals surface area contributed by atoms with Crippen LogP contribution in [0.3, 0.4) is 0 Å². The number of nitrogens with one attached hydrogen (secondary N) is 1. The van der Waals surface area contributed by atoms with Crippen LogP contribution in [-0.4, -0.2) is 24.5 Å². The SMILES string of the molecule is CC(C)(C)OC(=O)NCC=Cc1cc(F)ccc1C=O. The molecule has 108 valence electrons. The Morgan fingerprint density at radius 2 is 2.05 bits per heavy atom. The fourth-order valence-electron chi connectivity index (χ4n) is 1.44. The van der Waals surface area contributed by atoms with Gasteiger partial charge in [0.2, 0.25) is 0 Å². The normalized spacial score (nSPS) is 11.4. The summed E-state index contributed by atoms with van der Waals surface area (Å²) in [4.78, 5) is 22.2. The Morgan fingerprint density at radius 1 is 1.35 bits per heavy atom. The van der Waals surface area contributed by atoms with Gasteiger partial charge in [-0.15, -0.1) is 0 Å². The highest BCUT2D eigenvalue weighted by Crippen LogP contribution is 2.11. The maximum Gasteiger partial charge on any atom is 0.407 e. The van der Waals surface area contributed by atoms with Gasteiger partial charge in [0.25, 0.3) is 0 Å². The van der Waals surface area contributed by atoms with Crippen molar-refractivity contribution in [3.05, 3.63) is 41.2 Å². The summed E-state index contributed by atoms with van der Waals surface area (Å²) in [5.74, 6) is -0.421. The van der Waals surface area contributed by atoms with Gasteiger partial charge in [-0.1, -0.05) is 12.2 Å². The molecule has 0 saturated heterocycles. The quantitative estimate of drug-likeness (QED) is 0.861. The fourth-order valence-corrected chi connectivity index (χ4v) is 1.44. The number of hydrogen-bond donors (Lipinski definition) is 1. The van der Waals surface area contributed by atoms with E-state index in [1.165, 1.54) is 18.2 Å². The topological polar surface area (TPSA) is 55.4 Å². The van der Waals surface area contributed by atoms with Crippen LogP contribution in [0, 0.1) is 5.82 Å². The summed E-state index contributed by atoms with van der Waals surface area (Å²) >= 11 is 0. The molecule has 1 aromatic carbocycles. The lowest BCUT2D eigenvalue weighted by Gasteiger charge is -2.19. The Kier molecular flexibility index (Phi) is 5.43. The van der Waals surface area contributed by atoms with Crippen molar-refractivity contribution >= 4 is 18.5 Å². The molecule has 0 aliphatic heterocycles. The molecule has 0 aromatic heterocycles. The average Bonchev–Trinajstić information content (AvgIpc) is 2.33. The second kappa shape index (κ2) is 6.84. The minimum Gasteiger partial charge on any atom is -0.444 e. The number of aldehydes is 1. The molecule has 0 fully saturated rings. The summed E-state index contributed by atoms with van der Waals surface area (Å²) in [5.41, 5.74) is 0.298. The van der Waals surface area contributed by atoms with Gasteiger partial charge in [0.1, 0.15) is 11.4 Å². The van der Waals surface area contributed by atoms with Crippen LogP contribution in [0.15, 0.2) is 24.3 Å². The molecule has 1 amide bonds. The van der Waals surface area contributed by atoms with Gasteiger partial charge in [-0.25, -0.2) is 9.18 Å². The molecule has 1 aromatic rings. The summed E-state index contributed by atoms with van der Waals surface area (Å²) in [6.45, 7) is 5.53. The molecule has 0 heterocycles. The van der Waals surface area contributed by atoms with Crippen molar-refractivity contribution in [2.45, 2.75) is 26.4 Å². The predicted octanol–water partition coefficient (Wildman–Crippen LogP) is 3.18. The largest absolute Gasteiger partial charge is 0.444 e. The number of carbonyl (C=O) groups excluding carboxylic acids is 2. The summed E-state index contributed by atoms with van der Waals surface area (Å²) in [5, 5.41) is 2.53. The van der Waals surface area contributed by atoms with Crippen LogP contribution in [0.4, 0.5) is 9.18 Å². The van der Waals surface area contributed by atoms with Gasteiger partial charge in [0, 0.05) is 12.1 Å². The van der Waals surface area contributed by atoms with Crippen LogP contribution in [0.2, 0.25) is 0 Å². The number of benzene rings is 1. The van der Waals surface area contributed by atoms with Crippen LogP contribution in [-0.2, 0) is 4.74 Å². The molecule has 4 nitrogen and oxygen atoms in total. The molecule has 0 unspecified atom stereocenters. The Labute approximate surface area is 117 Å². The van der Waals surface area contributed by atoms with Crippen LogP contribution in [0.1, 0.15) is 36.7 Å². The first kappa shape index (κ1) is 15.9. The highest BCUT2D eigenvalue weighted by Gasteiger charge is 2.14. The van der Waals surface area contributed by atoms with Gasteiger partial charge in [-0.05, 0) is 44.5 Å². The van der Waals surface area contributed by atoms with Crippen LogP contribution in [0.25, 0.3) is 6.08 Å². The first-order valence-corrected chi connectivity index (χ1v) is 6.20. The van der Waals surface area contributed by atoms with E-state index >= 15 is 0 Å². The third-order valence-corrected chi connectivity index (χ3v) is 2.24. The van der Waals surface area contributed by atoms with Crippen molar-refractivity contribution in [1.82, 2.24) is 5.32 Å². The second-order valence-corrected chi connectivity index (χ2v) is 5.18. The van der Waals surface area contributed by atoms with Gasteiger partial charge >= 0.3 is 6.09 Å². The monoisotopic (exact) mass is 279 g/mol. The first-order valence-electron chi connectivity index (χ1n) is 6.20. The highest BCUT2D eigenvalue weighted by atomic mass is 19.1. The molecule has 20 heavy (non-hydrogen) atoms. The van der Waals surface area contributed by atoms with Gasteiger partial charge in [0.05, 0.1) is 0 Å². The molecule has 1 N–H and O–H groups in total. The van der Waals surface area contributed by atoms with Gasteiger partial charge < -0.3 is 10.1 Å². The Morgan fingerprint density at radius 3 is 2.65 bits per heavy atom. The van der Waals surface area contributed by atoms with Gasteiger partial charge in [0.15, 0.2) is 6.29 Å². The molecule has 0 atom stereocenters. The van der Waals surface area contributed by atoms with Crippen molar-refractivity contribution in [3.8, 4) is 0 Å². The van der Waals surface area contributed by atoms with Crippen LogP contribution < -0.4 is 5.32 Å². The minimum absolute atomic E-state index is 0.226. The van der Waals surface area contributed by atoms with E-state index in [1.807, 2.05) is 0 Å². The van der Waals surface area contributed by atoms with E-state index in [0.717, 1.165) is 0 Å². The summed E-state index contributed by atoms with van der Waals surface area (Å²) in [7, 11) is 0. The lowest BCUT2D eigenvalue weighted by atomic mass is 10.1. The van der Waals surface area contributed by atoms with Gasteiger partial charge in [-0.2, -0.15) is 0 Å². The van der Waals surface area contributed by atoms with Crippen molar-refractivity contribution in [3.63, 3.8) is 0 Å². The number of alkyl carbamates (subject to hydrolysis) is 1. The zero-order chi connectivity index (χ0) is 15.2. The third-order valence-electron chi connectivity index (χ3n) is 2.24. The van der Waals surface area contributed by atoms with E-state index in [-0.39, 0.29) is 6.54 Å². The Bertz CT molecular complexity index is 518. The Hall–Kier alpha value is -2.17. The van der Waals surface area contributed by atoms with E-state index < -0.39 is 17.5 Å². The number of carbonyl (C=O) groups is 2. The van der Waals surface area contributed by atoms with E-state index in [0.29, 0.717) is 17.4 Å². The van der Waals surface area contributed by atoms with E-state index in [9.17, 15) is 14.0 Å². The molecule has 0 radical (unpaired) electrons. The summed E-state index contributed by atoms with van der Waals surface area (Å²) < 4.78 is 18.1. The lowest BCUT2D eigenvalue weighted by molar-refractivity contribution is 0.0534. The van der Waals surface area contributed by atoms with Crippen molar-refractivity contribution in [2.75, 3.05) is 6.54 Å². The molecular weight excluding hydrogens is 261 g/mol. The molecule has 0 saturated carbocycles. The van der Waals surface area contributed by atoms with E-state index in [4.69, 9.17) is 4.74 Å². The molecule has 0 aliphatic carbocycles. The molecular formula is C15H18FNO3. The van der Waals surface area contributed by atoms with Crippen molar-refractivity contribution in [2.24, 2.45) is 0 Å². The van der Waals surface area contributed by atoms with Crippen LogP contribution >= 0.6 is 0 Å². The summed E-state index contributed by atoms with van der Waals surface area (Å²) in [6.07, 6.45) is 3.31. The van der Waals surface area contributed by atoms with Crippen molar-refractivity contribution < 1.29 is 18.7 Å². The molecule has 0 bridgehead atoms. The number of ether oxygens (including phenoxy) is 1. The predicted molar refractivity (Wildman–Crippen MR) is 75.1 cm³/mol. The maximum absolute atomic E-state index is 13.1. The molecule has 0 spiro atoms. The second-order valence-electron chi connectivity index (χ2n) is 5.18. The Balaban J connectivity index is 2.55. The first-order chi connectivity index (χ1) is 9.31. The zero-order valence-electron chi connectivity index (χ0n) is 11.8. The minimum atomic E-state index is -0.555. The van der Waals surface area contributed by atoms with E-state index in [1.54, 1.807) is 32.9 Å². The van der Waals surface area contributed by atoms with E-state index in [2.05, 4.69) is 5.32 Å². The van der Waals surface area contributed by atoms with Crippen LogP contribution in [0.5, 0.6) is 0 Å². The maximum atomic E-state index is 13.1. The third kappa shape index (κ3) is 5.65. The lowest BCUT2D eigenvalue weighted by Crippen LogP contribution is -2.32. The number of halogens is 1. The number of amides is 1. The fraction of sp³-hybridized carbons (Fsp3) is 0.333.